The maximum Gasteiger partial charge on any atom is 0.0633 e. The van der Waals surface area contributed by atoms with Crippen LogP contribution in [0.1, 0.15) is 37.0 Å². The van der Waals surface area contributed by atoms with Crippen LogP contribution >= 0.6 is 0 Å². The molecular weight excluding hydrogens is 460 g/mol. The number of fused-ring (bicyclic) bond motifs is 2. The lowest BCUT2D eigenvalue weighted by Gasteiger charge is -2.29. The van der Waals surface area contributed by atoms with E-state index in [0.717, 1.165) is 40.6 Å². The molecule has 0 bridgehead atoms. The molecule has 3 N–H and O–H groups in total. The fourth-order valence-corrected chi connectivity index (χ4v) is 4.96. The van der Waals surface area contributed by atoms with E-state index in [4.69, 9.17) is 5.73 Å². The first kappa shape index (κ1) is 25.4. The van der Waals surface area contributed by atoms with Crippen LogP contribution in [0, 0.1) is 5.92 Å². The first-order valence-electron chi connectivity index (χ1n) is 13.4. The highest BCUT2D eigenvalue weighted by Crippen LogP contribution is 2.40. The van der Waals surface area contributed by atoms with Crippen LogP contribution in [0.15, 0.2) is 133 Å². The van der Waals surface area contributed by atoms with Gasteiger partial charge in [0.25, 0.3) is 0 Å². The Morgan fingerprint density at radius 2 is 1.71 bits per heavy atom. The summed E-state index contributed by atoms with van der Waals surface area (Å²) < 4.78 is 0. The van der Waals surface area contributed by atoms with Gasteiger partial charge in [0.2, 0.25) is 0 Å². The molecule has 2 aliphatic carbocycles. The number of benzene rings is 2. The lowest BCUT2D eigenvalue weighted by molar-refractivity contribution is 0.636. The van der Waals surface area contributed by atoms with E-state index >= 15 is 0 Å². The molecule has 0 spiro atoms. The van der Waals surface area contributed by atoms with E-state index in [-0.39, 0.29) is 5.41 Å². The molecule has 5 rings (SSSR count). The predicted octanol–water partition coefficient (Wildman–Crippen LogP) is 9.08. The highest BCUT2D eigenvalue weighted by atomic mass is 14.9. The SMILES string of the molecule is C=C1/C=C\C=C/Cc2cc3c(N)c(NC4=CC4C/C=C/c4ccccc4)ccccccc3cc2C1(C)C. The second-order valence-corrected chi connectivity index (χ2v) is 10.6. The molecule has 1 unspecified atom stereocenters. The Morgan fingerprint density at radius 1 is 0.974 bits per heavy atom. The third kappa shape index (κ3) is 5.65. The Balaban J connectivity index is 1.50. The lowest BCUT2D eigenvalue weighted by Crippen LogP contribution is -2.20. The molecular formula is C36H36N2. The molecule has 0 saturated carbocycles. The molecule has 2 heteroatoms. The van der Waals surface area contributed by atoms with E-state index in [9.17, 15) is 0 Å². The number of nitrogens with two attached hydrogens (primary N) is 1. The van der Waals surface area contributed by atoms with Gasteiger partial charge < -0.3 is 11.1 Å². The fourth-order valence-electron chi connectivity index (χ4n) is 4.96. The third-order valence-electron chi connectivity index (χ3n) is 7.54. The van der Waals surface area contributed by atoms with Crippen molar-refractivity contribution in [1.29, 1.82) is 0 Å². The van der Waals surface area contributed by atoms with E-state index in [1.807, 2.05) is 18.2 Å². The Morgan fingerprint density at radius 3 is 2.53 bits per heavy atom. The van der Waals surface area contributed by atoms with Crippen LogP contribution < -0.4 is 11.1 Å². The van der Waals surface area contributed by atoms with Crippen LogP contribution in [-0.4, -0.2) is 0 Å². The normalized spacial score (nSPS) is 19.4. The molecule has 2 aliphatic rings. The Bertz CT molecular complexity index is 1530. The summed E-state index contributed by atoms with van der Waals surface area (Å²) in [5.74, 6) is 0.415. The third-order valence-corrected chi connectivity index (χ3v) is 7.54. The summed E-state index contributed by atoms with van der Waals surface area (Å²) in [6, 6.07) is 27.4. The van der Waals surface area contributed by atoms with Gasteiger partial charge in [-0.2, -0.15) is 0 Å². The second kappa shape index (κ2) is 11.0. The molecule has 0 saturated heterocycles. The van der Waals surface area contributed by atoms with Crippen molar-refractivity contribution in [3.05, 3.63) is 150 Å². The number of nitrogen functional groups attached to an aromatic ring is 1. The fraction of sp³-hybridized carbons (Fsp3) is 0.167. The monoisotopic (exact) mass is 496 g/mol. The average molecular weight is 497 g/mol. The van der Waals surface area contributed by atoms with Crippen molar-refractivity contribution in [3.63, 3.8) is 0 Å². The first-order valence-corrected chi connectivity index (χ1v) is 13.4. The zero-order valence-corrected chi connectivity index (χ0v) is 22.3. The van der Waals surface area contributed by atoms with Gasteiger partial charge in [-0.15, -0.1) is 0 Å². The maximum absolute atomic E-state index is 6.93. The predicted molar refractivity (Wildman–Crippen MR) is 165 cm³/mol. The van der Waals surface area contributed by atoms with Gasteiger partial charge in [-0.1, -0.05) is 124 Å². The van der Waals surface area contributed by atoms with E-state index in [2.05, 4.69) is 129 Å². The molecule has 0 aliphatic heterocycles. The summed E-state index contributed by atoms with van der Waals surface area (Å²) in [6.45, 7) is 8.88. The summed E-state index contributed by atoms with van der Waals surface area (Å²) in [5, 5.41) is 5.79. The molecule has 2 nitrogen and oxygen atoms in total. The Kier molecular flexibility index (Phi) is 7.33. The van der Waals surface area contributed by atoms with Crippen LogP contribution in [0.5, 0.6) is 0 Å². The van der Waals surface area contributed by atoms with Gasteiger partial charge >= 0.3 is 0 Å². The molecule has 0 aromatic heterocycles. The Hall–Kier alpha value is -4.30. The van der Waals surface area contributed by atoms with Gasteiger partial charge in [-0.05, 0) is 58.7 Å². The van der Waals surface area contributed by atoms with E-state index in [0.29, 0.717) is 5.92 Å². The molecule has 38 heavy (non-hydrogen) atoms. The van der Waals surface area contributed by atoms with Crippen LogP contribution in [0.2, 0.25) is 0 Å². The van der Waals surface area contributed by atoms with Crippen molar-refractivity contribution in [3.8, 4) is 0 Å². The van der Waals surface area contributed by atoms with Crippen molar-refractivity contribution in [1.82, 2.24) is 0 Å². The lowest BCUT2D eigenvalue weighted by atomic mass is 9.75. The zero-order valence-electron chi connectivity index (χ0n) is 22.3. The number of hydrogen-bond acceptors (Lipinski definition) is 2. The molecule has 3 aromatic carbocycles. The van der Waals surface area contributed by atoms with E-state index in [1.54, 1.807) is 0 Å². The molecule has 0 heterocycles. The van der Waals surface area contributed by atoms with Gasteiger partial charge in [0.1, 0.15) is 0 Å². The van der Waals surface area contributed by atoms with Crippen molar-refractivity contribution < 1.29 is 0 Å². The highest BCUT2D eigenvalue weighted by Gasteiger charge is 2.27. The van der Waals surface area contributed by atoms with Crippen LogP contribution in [0.3, 0.4) is 0 Å². The first-order chi connectivity index (χ1) is 18.4. The maximum atomic E-state index is 6.93. The van der Waals surface area contributed by atoms with E-state index < -0.39 is 0 Å². The standard InChI is InChI=1S/C36H36N2/c1-26-15-8-6-12-20-29-23-31-28(24-32(29)36(26,2)3)19-11-4-5-13-22-33(35(31)37)38-34-25-30(34)21-14-18-27-16-9-7-10-17-27/h4-19,22-25,30,38H,1,20-21,37H2,2-3H3/b5-4?,11-4?,12-6-,13-5?,15-8-,18-14+,19-11?,22-13?,28-19?,33-22?,35-31?,35-33?. The summed E-state index contributed by atoms with van der Waals surface area (Å²) in [6.07, 6.45) is 17.0. The summed E-state index contributed by atoms with van der Waals surface area (Å²) in [5.41, 5.74) is 14.5. The summed E-state index contributed by atoms with van der Waals surface area (Å²) in [7, 11) is 0. The minimum atomic E-state index is -0.190. The van der Waals surface area contributed by atoms with Crippen molar-refractivity contribution in [2.75, 3.05) is 11.1 Å². The number of rotatable bonds is 5. The highest BCUT2D eigenvalue weighted by molar-refractivity contribution is 5.98. The number of hydrogen-bond donors (Lipinski definition) is 2. The molecule has 190 valence electrons. The van der Waals surface area contributed by atoms with Gasteiger partial charge in [-0.3, -0.25) is 0 Å². The molecule has 1 atom stereocenters. The van der Waals surface area contributed by atoms with E-state index in [1.165, 1.54) is 22.4 Å². The summed E-state index contributed by atoms with van der Waals surface area (Å²) >= 11 is 0. The van der Waals surface area contributed by atoms with Gasteiger partial charge in [0.05, 0.1) is 11.4 Å². The van der Waals surface area contributed by atoms with Crippen LogP contribution in [0.4, 0.5) is 11.4 Å². The topological polar surface area (TPSA) is 38.0 Å². The molecule has 0 amide bonds. The second-order valence-electron chi connectivity index (χ2n) is 10.6. The number of anilines is 2. The van der Waals surface area contributed by atoms with Crippen LogP contribution in [0.25, 0.3) is 16.8 Å². The number of nitrogens with one attached hydrogen (secondary N) is 1. The molecule has 0 radical (unpaired) electrons. The summed E-state index contributed by atoms with van der Waals surface area (Å²) in [4.78, 5) is 0. The minimum Gasteiger partial charge on any atom is -0.397 e. The van der Waals surface area contributed by atoms with Crippen molar-refractivity contribution >= 4 is 28.2 Å². The largest absolute Gasteiger partial charge is 0.397 e. The van der Waals surface area contributed by atoms with Gasteiger partial charge in [0.15, 0.2) is 0 Å². The van der Waals surface area contributed by atoms with Crippen molar-refractivity contribution in [2.45, 2.75) is 32.1 Å². The van der Waals surface area contributed by atoms with Crippen molar-refractivity contribution in [2.24, 2.45) is 5.92 Å². The van der Waals surface area contributed by atoms with Crippen LogP contribution in [-0.2, 0) is 11.8 Å². The molecule has 0 fully saturated rings. The average Bonchev–Trinajstić information content (AvgIpc) is 3.65. The van der Waals surface area contributed by atoms with Gasteiger partial charge in [0, 0.05) is 22.4 Å². The number of allylic oxidation sites excluding steroid dienone is 8. The smallest absolute Gasteiger partial charge is 0.0633 e. The van der Waals surface area contributed by atoms with Gasteiger partial charge in [-0.25, -0.2) is 0 Å². The Labute approximate surface area is 226 Å². The quantitative estimate of drug-likeness (QED) is 0.370. The molecule has 3 aromatic rings. The minimum absolute atomic E-state index is 0.190. The zero-order chi connectivity index (χ0) is 26.5.